The molecule has 10 heteroatoms. The Labute approximate surface area is 229 Å². The lowest BCUT2D eigenvalue weighted by atomic mass is 10.1. The van der Waals surface area contributed by atoms with Crippen molar-refractivity contribution >= 4 is 104 Å². The predicted molar refractivity (Wildman–Crippen MR) is 144 cm³/mol. The number of hydrogen-bond donors (Lipinski definition) is 2. The Balaban J connectivity index is 1.51. The highest BCUT2D eigenvalue weighted by Gasteiger charge is 2.67. The van der Waals surface area contributed by atoms with Crippen LogP contribution in [-0.2, 0) is 4.79 Å². The minimum Gasteiger partial charge on any atom is -0.326 e. The monoisotopic (exact) mass is 652 g/mol. The first-order chi connectivity index (χ1) is 15.6. The minimum absolute atomic E-state index is 0.213. The van der Waals surface area contributed by atoms with Crippen LogP contribution in [-0.4, -0.2) is 16.1 Å². The third kappa shape index (κ3) is 5.55. The van der Waals surface area contributed by atoms with E-state index in [9.17, 15) is 9.59 Å². The lowest BCUT2D eigenvalue weighted by Crippen LogP contribution is -2.18. The molecular formula is C23H14Cl5IN2O2. The van der Waals surface area contributed by atoms with Crippen molar-refractivity contribution in [3.63, 3.8) is 0 Å². The first-order valence-corrected chi connectivity index (χ1v) is 12.5. The van der Waals surface area contributed by atoms with Crippen molar-refractivity contribution in [3.8, 4) is 0 Å². The predicted octanol–water partition coefficient (Wildman–Crippen LogP) is 8.03. The second kappa shape index (κ2) is 9.80. The first-order valence-electron chi connectivity index (χ1n) is 9.57. The molecule has 0 radical (unpaired) electrons. The van der Waals surface area contributed by atoms with Crippen molar-refractivity contribution in [1.82, 2.24) is 0 Å². The topological polar surface area (TPSA) is 58.2 Å². The van der Waals surface area contributed by atoms with Gasteiger partial charge in [0.15, 0.2) is 0 Å². The Morgan fingerprint density at radius 2 is 1.52 bits per heavy atom. The van der Waals surface area contributed by atoms with Crippen LogP contribution in [0.2, 0.25) is 15.1 Å². The van der Waals surface area contributed by atoms with E-state index in [1.807, 2.05) is 18.2 Å². The van der Waals surface area contributed by atoms with Crippen LogP contribution in [0.5, 0.6) is 0 Å². The van der Waals surface area contributed by atoms with E-state index in [1.54, 1.807) is 30.3 Å². The highest BCUT2D eigenvalue weighted by molar-refractivity contribution is 14.1. The maximum absolute atomic E-state index is 13.0. The van der Waals surface area contributed by atoms with Gasteiger partial charge in [-0.15, -0.1) is 23.2 Å². The van der Waals surface area contributed by atoms with E-state index >= 15 is 0 Å². The molecular weight excluding hydrogens is 640 g/mol. The number of hydrogen-bond acceptors (Lipinski definition) is 2. The molecule has 2 N–H and O–H groups in total. The van der Waals surface area contributed by atoms with E-state index in [-0.39, 0.29) is 10.6 Å². The molecule has 33 heavy (non-hydrogen) atoms. The van der Waals surface area contributed by atoms with Crippen LogP contribution in [0.3, 0.4) is 0 Å². The summed E-state index contributed by atoms with van der Waals surface area (Å²) in [7, 11) is 0. The molecule has 2 amide bonds. The van der Waals surface area contributed by atoms with Crippen molar-refractivity contribution in [3.05, 3.63) is 90.4 Å². The Kier molecular flexibility index (Phi) is 7.39. The van der Waals surface area contributed by atoms with Crippen molar-refractivity contribution in [2.75, 3.05) is 10.6 Å². The number of carbonyl (C=O) groups excluding carboxylic acids is 2. The van der Waals surface area contributed by atoms with E-state index in [0.717, 1.165) is 3.57 Å². The molecule has 0 aliphatic heterocycles. The number of halogens is 6. The Morgan fingerprint density at radius 3 is 2.18 bits per heavy atom. The second-order valence-electron chi connectivity index (χ2n) is 7.48. The van der Waals surface area contributed by atoms with Gasteiger partial charge in [0, 0.05) is 30.9 Å². The fourth-order valence-electron chi connectivity index (χ4n) is 3.58. The summed E-state index contributed by atoms with van der Waals surface area (Å²) in [4.78, 5) is 25.7. The minimum atomic E-state index is -1.31. The van der Waals surface area contributed by atoms with Gasteiger partial charge < -0.3 is 10.6 Å². The number of benzene rings is 3. The lowest BCUT2D eigenvalue weighted by molar-refractivity contribution is -0.117. The smallest absolute Gasteiger partial charge is 0.257 e. The van der Waals surface area contributed by atoms with Crippen molar-refractivity contribution in [1.29, 1.82) is 0 Å². The number of nitrogens with one attached hydrogen (secondary N) is 2. The SMILES string of the molecule is O=C(Nc1cccc(I)c1)c1cc(NC(=O)[C@H]2[C@H](c3cc(Cl)cc(Cl)c3)C2(Cl)Cl)ccc1Cl. The third-order valence-corrected chi connectivity index (χ3v) is 7.52. The third-order valence-electron chi connectivity index (χ3n) is 5.14. The Hall–Kier alpha value is -1.22. The van der Waals surface area contributed by atoms with Crippen LogP contribution in [0.25, 0.3) is 0 Å². The number of amides is 2. The fraction of sp³-hybridized carbons (Fsp3) is 0.130. The maximum atomic E-state index is 13.0. The summed E-state index contributed by atoms with van der Waals surface area (Å²) in [6.45, 7) is 0. The number of carbonyl (C=O) groups is 2. The maximum Gasteiger partial charge on any atom is 0.257 e. The summed E-state index contributed by atoms with van der Waals surface area (Å²) in [5.74, 6) is -2.00. The van der Waals surface area contributed by atoms with Gasteiger partial charge in [-0.1, -0.05) is 40.9 Å². The molecule has 2 atom stereocenters. The average molecular weight is 655 g/mol. The zero-order valence-corrected chi connectivity index (χ0v) is 22.4. The normalized spacial score (nSPS) is 18.5. The average Bonchev–Trinajstić information content (AvgIpc) is 3.31. The molecule has 4 rings (SSSR count). The van der Waals surface area contributed by atoms with E-state index in [1.165, 1.54) is 12.1 Å². The molecule has 1 saturated carbocycles. The van der Waals surface area contributed by atoms with Crippen LogP contribution in [0.1, 0.15) is 21.8 Å². The molecule has 0 aromatic heterocycles. The molecule has 0 saturated heterocycles. The summed E-state index contributed by atoms with van der Waals surface area (Å²) in [5.41, 5.74) is 1.90. The number of anilines is 2. The number of alkyl halides is 2. The highest BCUT2D eigenvalue weighted by atomic mass is 127. The van der Waals surface area contributed by atoms with Crippen molar-refractivity contribution in [2.24, 2.45) is 5.92 Å². The van der Waals surface area contributed by atoms with Gasteiger partial charge in [-0.3, -0.25) is 9.59 Å². The molecule has 170 valence electrons. The molecule has 0 spiro atoms. The molecule has 1 aliphatic carbocycles. The van der Waals surface area contributed by atoms with E-state index in [2.05, 4.69) is 33.2 Å². The number of rotatable bonds is 5. The highest BCUT2D eigenvalue weighted by Crippen LogP contribution is 2.65. The molecule has 4 nitrogen and oxygen atoms in total. The van der Waals surface area contributed by atoms with Gasteiger partial charge in [-0.05, 0) is 82.8 Å². The first kappa shape index (κ1) is 24.9. The van der Waals surface area contributed by atoms with Gasteiger partial charge in [-0.25, -0.2) is 0 Å². The largest absolute Gasteiger partial charge is 0.326 e. The van der Waals surface area contributed by atoms with Crippen LogP contribution in [0, 0.1) is 9.49 Å². The molecule has 3 aromatic carbocycles. The van der Waals surface area contributed by atoms with Gasteiger partial charge in [0.2, 0.25) is 5.91 Å². The molecule has 1 aliphatic rings. The van der Waals surface area contributed by atoms with Crippen LogP contribution in [0.15, 0.2) is 60.7 Å². The Morgan fingerprint density at radius 1 is 0.848 bits per heavy atom. The van der Waals surface area contributed by atoms with Crippen LogP contribution < -0.4 is 10.6 Å². The molecule has 0 unspecified atom stereocenters. The van der Waals surface area contributed by atoms with Gasteiger partial charge in [0.25, 0.3) is 5.91 Å². The van der Waals surface area contributed by atoms with E-state index in [0.29, 0.717) is 27.0 Å². The second-order valence-corrected chi connectivity index (χ2v) is 11.5. The summed E-state index contributed by atoms with van der Waals surface area (Å²) >= 11 is 33.4. The van der Waals surface area contributed by atoms with E-state index in [4.69, 9.17) is 58.0 Å². The summed E-state index contributed by atoms with van der Waals surface area (Å²) in [6, 6.07) is 16.9. The zero-order chi connectivity index (χ0) is 23.9. The molecule has 0 bridgehead atoms. The molecule has 3 aromatic rings. The van der Waals surface area contributed by atoms with Gasteiger partial charge in [-0.2, -0.15) is 0 Å². The standard InChI is InChI=1S/C23H14Cl5IN2O2/c24-12-6-11(7-13(25)8-12)19-20(23(19,27)28)22(33)31-16-4-5-18(26)17(10-16)21(32)30-15-3-1-2-14(29)9-15/h1-10,19-20H,(H,30,32)(H,31,33)/t19-,20+/m0/s1. The quantitative estimate of drug-likeness (QED) is 0.216. The van der Waals surface area contributed by atoms with Crippen molar-refractivity contribution < 1.29 is 9.59 Å². The zero-order valence-electron chi connectivity index (χ0n) is 16.5. The van der Waals surface area contributed by atoms with Gasteiger partial charge in [0.05, 0.1) is 16.5 Å². The van der Waals surface area contributed by atoms with Crippen LogP contribution in [0.4, 0.5) is 11.4 Å². The summed E-state index contributed by atoms with van der Waals surface area (Å²) in [5, 5.41) is 6.67. The fourth-order valence-corrected chi connectivity index (χ4v) is 5.70. The Bertz CT molecular complexity index is 1250. The van der Waals surface area contributed by atoms with E-state index < -0.39 is 28.0 Å². The molecule has 1 fully saturated rings. The van der Waals surface area contributed by atoms with Gasteiger partial charge in [0.1, 0.15) is 4.33 Å². The van der Waals surface area contributed by atoms with Crippen molar-refractivity contribution in [2.45, 2.75) is 10.3 Å². The lowest BCUT2D eigenvalue weighted by Gasteiger charge is -2.10. The molecule has 0 heterocycles. The summed E-state index contributed by atoms with van der Waals surface area (Å²) in [6.07, 6.45) is 0. The summed E-state index contributed by atoms with van der Waals surface area (Å²) < 4.78 is -0.335. The van der Waals surface area contributed by atoms with Crippen LogP contribution >= 0.6 is 80.6 Å². The van der Waals surface area contributed by atoms with Gasteiger partial charge >= 0.3 is 0 Å².